The van der Waals surface area contributed by atoms with Crippen molar-refractivity contribution < 1.29 is 14.3 Å². The standard InChI is InChI=1S/C15H13ClN2O3/c16-12-8-4-7-11(14(12)17)15(20)21-9-13(19)18-10-5-2-1-3-6-10/h1-8H,9,17H2,(H,18,19). The van der Waals surface area contributed by atoms with Gasteiger partial charge >= 0.3 is 5.97 Å². The van der Waals surface area contributed by atoms with Gasteiger partial charge in [0, 0.05) is 5.69 Å². The summed E-state index contributed by atoms with van der Waals surface area (Å²) in [5.41, 5.74) is 6.57. The first-order valence-electron chi connectivity index (χ1n) is 6.14. The molecule has 0 aliphatic rings. The Bertz CT molecular complexity index is 659. The summed E-state index contributed by atoms with van der Waals surface area (Å²) in [5, 5.41) is 2.86. The molecular formula is C15H13ClN2O3. The molecule has 0 heterocycles. The predicted octanol–water partition coefficient (Wildman–Crippen LogP) is 2.72. The van der Waals surface area contributed by atoms with Crippen molar-refractivity contribution in [1.29, 1.82) is 0 Å². The van der Waals surface area contributed by atoms with Crippen molar-refractivity contribution in [1.82, 2.24) is 0 Å². The van der Waals surface area contributed by atoms with Crippen molar-refractivity contribution in [2.75, 3.05) is 17.7 Å². The van der Waals surface area contributed by atoms with Crippen LogP contribution in [0.4, 0.5) is 11.4 Å². The highest BCUT2D eigenvalue weighted by atomic mass is 35.5. The normalized spacial score (nSPS) is 9.95. The Morgan fingerprint density at radius 1 is 1.10 bits per heavy atom. The first-order chi connectivity index (χ1) is 10.1. The van der Waals surface area contributed by atoms with Gasteiger partial charge in [-0.1, -0.05) is 35.9 Å². The number of rotatable bonds is 4. The minimum absolute atomic E-state index is 0.132. The van der Waals surface area contributed by atoms with E-state index in [0.717, 1.165) is 0 Å². The first kappa shape index (κ1) is 14.9. The van der Waals surface area contributed by atoms with Crippen molar-refractivity contribution in [3.63, 3.8) is 0 Å². The number of carbonyl (C=O) groups is 2. The van der Waals surface area contributed by atoms with Crippen molar-refractivity contribution in [2.45, 2.75) is 0 Å². The second-order valence-corrected chi connectivity index (χ2v) is 4.60. The van der Waals surface area contributed by atoms with Gasteiger partial charge in [0.15, 0.2) is 6.61 Å². The molecule has 3 N–H and O–H groups in total. The summed E-state index contributed by atoms with van der Waals surface area (Å²) in [6.45, 7) is -0.403. The number of anilines is 2. The zero-order valence-corrected chi connectivity index (χ0v) is 11.8. The molecule has 0 aliphatic carbocycles. The highest BCUT2D eigenvalue weighted by Crippen LogP contribution is 2.22. The molecule has 0 aliphatic heterocycles. The van der Waals surface area contributed by atoms with Gasteiger partial charge in [0.05, 0.1) is 16.3 Å². The molecule has 0 atom stereocenters. The minimum Gasteiger partial charge on any atom is -0.452 e. The van der Waals surface area contributed by atoms with E-state index in [-0.39, 0.29) is 16.3 Å². The Hall–Kier alpha value is -2.53. The third kappa shape index (κ3) is 3.97. The highest BCUT2D eigenvalue weighted by Gasteiger charge is 2.14. The number of nitrogens with two attached hydrogens (primary N) is 1. The van der Waals surface area contributed by atoms with Gasteiger partial charge in [0.2, 0.25) is 0 Å². The van der Waals surface area contributed by atoms with E-state index in [1.165, 1.54) is 6.07 Å². The van der Waals surface area contributed by atoms with Crippen LogP contribution in [-0.4, -0.2) is 18.5 Å². The van der Waals surface area contributed by atoms with Crippen molar-refractivity contribution in [3.05, 3.63) is 59.1 Å². The number of hydrogen-bond donors (Lipinski definition) is 2. The molecule has 2 aromatic rings. The Morgan fingerprint density at radius 3 is 2.52 bits per heavy atom. The first-order valence-corrected chi connectivity index (χ1v) is 6.51. The van der Waals surface area contributed by atoms with Crippen LogP contribution in [-0.2, 0) is 9.53 Å². The molecule has 0 spiro atoms. The second kappa shape index (κ2) is 6.76. The van der Waals surface area contributed by atoms with Gasteiger partial charge in [-0.3, -0.25) is 4.79 Å². The second-order valence-electron chi connectivity index (χ2n) is 4.19. The molecular weight excluding hydrogens is 292 g/mol. The quantitative estimate of drug-likeness (QED) is 0.672. The van der Waals surface area contributed by atoms with Crippen molar-refractivity contribution >= 4 is 34.9 Å². The molecule has 1 amide bonds. The third-order valence-electron chi connectivity index (χ3n) is 2.66. The van der Waals surface area contributed by atoms with E-state index in [4.69, 9.17) is 22.1 Å². The fraction of sp³-hybridized carbons (Fsp3) is 0.0667. The van der Waals surface area contributed by atoms with E-state index >= 15 is 0 Å². The molecule has 0 fully saturated rings. The summed E-state index contributed by atoms with van der Waals surface area (Å²) in [6, 6.07) is 13.5. The topological polar surface area (TPSA) is 81.4 Å². The Morgan fingerprint density at radius 2 is 1.81 bits per heavy atom. The van der Waals surface area contributed by atoms with Crippen LogP contribution in [0.3, 0.4) is 0 Å². The van der Waals surface area contributed by atoms with Crippen LogP contribution in [0.5, 0.6) is 0 Å². The average molecular weight is 305 g/mol. The summed E-state index contributed by atoms with van der Waals surface area (Å²) in [5.74, 6) is -1.13. The van der Waals surface area contributed by atoms with E-state index in [1.807, 2.05) is 6.07 Å². The SMILES string of the molecule is Nc1c(Cl)cccc1C(=O)OCC(=O)Nc1ccccc1. The van der Waals surface area contributed by atoms with E-state index in [9.17, 15) is 9.59 Å². The molecule has 0 saturated heterocycles. The molecule has 0 bridgehead atoms. The lowest BCUT2D eigenvalue weighted by molar-refractivity contribution is -0.119. The van der Waals surface area contributed by atoms with Crippen molar-refractivity contribution in [3.8, 4) is 0 Å². The molecule has 0 saturated carbocycles. The van der Waals surface area contributed by atoms with Crippen LogP contribution in [0, 0.1) is 0 Å². The van der Waals surface area contributed by atoms with Gasteiger partial charge in [-0.25, -0.2) is 4.79 Å². The lowest BCUT2D eigenvalue weighted by Gasteiger charge is -2.08. The predicted molar refractivity (Wildman–Crippen MR) is 81.2 cm³/mol. The maximum Gasteiger partial charge on any atom is 0.340 e. The van der Waals surface area contributed by atoms with E-state index < -0.39 is 18.5 Å². The van der Waals surface area contributed by atoms with Gasteiger partial charge in [-0.05, 0) is 24.3 Å². The summed E-state index contributed by atoms with van der Waals surface area (Å²) in [4.78, 5) is 23.5. The lowest BCUT2D eigenvalue weighted by atomic mass is 10.2. The molecule has 6 heteroatoms. The lowest BCUT2D eigenvalue weighted by Crippen LogP contribution is -2.21. The zero-order valence-electron chi connectivity index (χ0n) is 11.0. The number of carbonyl (C=O) groups excluding carboxylic acids is 2. The average Bonchev–Trinajstić information content (AvgIpc) is 2.48. The van der Waals surface area contributed by atoms with Crippen LogP contribution in [0.15, 0.2) is 48.5 Å². The molecule has 108 valence electrons. The van der Waals surface area contributed by atoms with Crippen LogP contribution < -0.4 is 11.1 Å². The molecule has 2 rings (SSSR count). The van der Waals surface area contributed by atoms with Crippen LogP contribution in [0.1, 0.15) is 10.4 Å². The molecule has 0 unspecified atom stereocenters. The number of nitrogen functional groups attached to an aromatic ring is 1. The van der Waals surface area contributed by atoms with E-state index in [2.05, 4.69) is 5.32 Å². The Balaban J connectivity index is 1.92. The molecule has 5 nitrogen and oxygen atoms in total. The number of halogens is 1. The van der Waals surface area contributed by atoms with E-state index in [0.29, 0.717) is 5.69 Å². The summed E-state index contributed by atoms with van der Waals surface area (Å²) in [7, 11) is 0. The largest absolute Gasteiger partial charge is 0.452 e. The highest BCUT2D eigenvalue weighted by molar-refractivity contribution is 6.33. The number of hydrogen-bond acceptors (Lipinski definition) is 4. The molecule has 21 heavy (non-hydrogen) atoms. The van der Waals surface area contributed by atoms with Crippen LogP contribution in [0.25, 0.3) is 0 Å². The third-order valence-corrected chi connectivity index (χ3v) is 2.99. The number of benzene rings is 2. The zero-order chi connectivity index (χ0) is 15.2. The molecule has 2 aromatic carbocycles. The number of esters is 1. The molecule has 0 radical (unpaired) electrons. The number of nitrogens with one attached hydrogen (secondary N) is 1. The number of ether oxygens (including phenoxy) is 1. The van der Waals surface area contributed by atoms with Crippen molar-refractivity contribution in [2.24, 2.45) is 0 Å². The maximum atomic E-state index is 11.8. The van der Waals surface area contributed by atoms with Gasteiger partial charge in [-0.15, -0.1) is 0 Å². The Labute approximate surface area is 126 Å². The van der Waals surface area contributed by atoms with Crippen LogP contribution in [0.2, 0.25) is 5.02 Å². The van der Waals surface area contributed by atoms with E-state index in [1.54, 1.807) is 36.4 Å². The number of amides is 1. The van der Waals surface area contributed by atoms with Gasteiger partial charge in [-0.2, -0.15) is 0 Å². The van der Waals surface area contributed by atoms with Gasteiger partial charge in [0.1, 0.15) is 0 Å². The monoisotopic (exact) mass is 304 g/mol. The fourth-order valence-electron chi connectivity index (χ4n) is 1.64. The number of para-hydroxylation sites is 2. The van der Waals surface area contributed by atoms with Crippen LogP contribution >= 0.6 is 11.6 Å². The smallest absolute Gasteiger partial charge is 0.340 e. The Kier molecular flexibility index (Phi) is 4.79. The maximum absolute atomic E-state index is 11.8. The fourth-order valence-corrected chi connectivity index (χ4v) is 1.82. The summed E-state index contributed by atoms with van der Waals surface area (Å²) >= 11 is 5.82. The minimum atomic E-state index is -0.696. The van der Waals surface area contributed by atoms with Gasteiger partial charge < -0.3 is 15.8 Å². The molecule has 0 aromatic heterocycles. The van der Waals surface area contributed by atoms with Gasteiger partial charge in [0.25, 0.3) is 5.91 Å². The summed E-state index contributed by atoms with van der Waals surface area (Å²) < 4.78 is 4.91. The summed E-state index contributed by atoms with van der Waals surface area (Å²) in [6.07, 6.45) is 0.